The lowest BCUT2D eigenvalue weighted by atomic mass is 10.2. The largest absolute Gasteiger partial charge is 0.271 e. The summed E-state index contributed by atoms with van der Waals surface area (Å²) < 4.78 is 0. The maximum absolute atomic E-state index is 11.8. The summed E-state index contributed by atoms with van der Waals surface area (Å²) in [5, 5.41) is 5.11. The number of nitrogens with one attached hydrogen (secondary N) is 1. The van der Waals surface area contributed by atoms with Gasteiger partial charge in [0.1, 0.15) is 0 Å². The molecule has 2 rings (SSSR count). The van der Waals surface area contributed by atoms with Crippen molar-refractivity contribution in [3.05, 3.63) is 68.7 Å². The molecule has 0 fully saturated rings. The summed E-state index contributed by atoms with van der Waals surface area (Å²) in [6.45, 7) is 0. The van der Waals surface area contributed by atoms with Crippen molar-refractivity contribution in [2.75, 3.05) is 0 Å². The fourth-order valence-electron chi connectivity index (χ4n) is 1.44. The molecule has 0 unspecified atom stereocenters. The highest BCUT2D eigenvalue weighted by atomic mass is 35.5. The van der Waals surface area contributed by atoms with Gasteiger partial charge >= 0.3 is 0 Å². The fourth-order valence-corrected chi connectivity index (χ4v) is 1.92. The van der Waals surface area contributed by atoms with Crippen molar-refractivity contribution >= 4 is 46.9 Å². The number of carbonyl (C=O) groups excluding carboxylic acids is 1. The molecule has 102 valence electrons. The topological polar surface area (TPSA) is 41.5 Å². The summed E-state index contributed by atoms with van der Waals surface area (Å²) >= 11 is 17.6. The lowest BCUT2D eigenvalue weighted by Crippen LogP contribution is -2.17. The fraction of sp³-hybridized carbons (Fsp3) is 0. The van der Waals surface area contributed by atoms with Crippen LogP contribution < -0.4 is 5.43 Å². The average molecular weight is 328 g/mol. The van der Waals surface area contributed by atoms with Crippen molar-refractivity contribution in [3.8, 4) is 0 Å². The van der Waals surface area contributed by atoms with E-state index in [2.05, 4.69) is 10.5 Å². The van der Waals surface area contributed by atoms with Crippen LogP contribution in [0.3, 0.4) is 0 Å². The first-order chi connectivity index (χ1) is 9.58. The Kier molecular flexibility index (Phi) is 5.01. The summed E-state index contributed by atoms with van der Waals surface area (Å²) in [5.41, 5.74) is 3.47. The molecule has 20 heavy (non-hydrogen) atoms. The minimum Gasteiger partial charge on any atom is -0.267 e. The second kappa shape index (κ2) is 6.75. The number of amides is 1. The van der Waals surface area contributed by atoms with E-state index in [9.17, 15) is 4.79 Å². The molecule has 2 aromatic rings. The Morgan fingerprint density at radius 2 is 1.75 bits per heavy atom. The Labute approximate surface area is 131 Å². The van der Waals surface area contributed by atoms with Gasteiger partial charge in [0.05, 0.1) is 16.3 Å². The molecule has 3 nitrogen and oxygen atoms in total. The molecule has 0 atom stereocenters. The van der Waals surface area contributed by atoms with Crippen LogP contribution in [0.25, 0.3) is 0 Å². The van der Waals surface area contributed by atoms with Crippen LogP contribution in [0.4, 0.5) is 0 Å². The van der Waals surface area contributed by atoms with Crippen LogP contribution in [0.15, 0.2) is 47.6 Å². The van der Waals surface area contributed by atoms with E-state index in [0.717, 1.165) is 0 Å². The number of hydrazone groups is 1. The van der Waals surface area contributed by atoms with Gasteiger partial charge in [-0.25, -0.2) is 5.43 Å². The monoisotopic (exact) mass is 326 g/mol. The zero-order valence-electron chi connectivity index (χ0n) is 10.1. The molecule has 0 saturated carbocycles. The Morgan fingerprint density at radius 3 is 2.45 bits per heavy atom. The number of benzene rings is 2. The molecule has 0 heterocycles. The van der Waals surface area contributed by atoms with E-state index in [4.69, 9.17) is 34.8 Å². The molecule has 0 radical (unpaired) electrons. The van der Waals surface area contributed by atoms with Gasteiger partial charge in [0, 0.05) is 16.1 Å². The van der Waals surface area contributed by atoms with Gasteiger partial charge in [-0.3, -0.25) is 4.79 Å². The third kappa shape index (κ3) is 3.73. The number of hydrogen-bond donors (Lipinski definition) is 1. The first-order valence-electron chi connectivity index (χ1n) is 5.61. The average Bonchev–Trinajstić information content (AvgIpc) is 2.44. The Balaban J connectivity index is 2.05. The van der Waals surface area contributed by atoms with E-state index in [1.807, 2.05) is 12.1 Å². The second-order valence-corrected chi connectivity index (χ2v) is 5.07. The van der Waals surface area contributed by atoms with Gasteiger partial charge in [-0.15, -0.1) is 0 Å². The zero-order valence-corrected chi connectivity index (χ0v) is 12.4. The Bertz CT molecular complexity index is 671. The molecule has 6 heteroatoms. The highest BCUT2D eigenvalue weighted by Gasteiger charge is 2.06. The molecular formula is C14H9Cl3N2O. The van der Waals surface area contributed by atoms with Gasteiger partial charge in [-0.2, -0.15) is 5.10 Å². The third-order valence-corrected chi connectivity index (χ3v) is 3.54. The van der Waals surface area contributed by atoms with Crippen LogP contribution >= 0.6 is 34.8 Å². The summed E-state index contributed by atoms with van der Waals surface area (Å²) in [7, 11) is 0. The summed E-state index contributed by atoms with van der Waals surface area (Å²) in [6.07, 6.45) is 1.47. The molecule has 0 saturated heterocycles. The van der Waals surface area contributed by atoms with E-state index in [0.29, 0.717) is 26.2 Å². The van der Waals surface area contributed by atoms with Crippen molar-refractivity contribution in [1.82, 2.24) is 5.43 Å². The third-order valence-electron chi connectivity index (χ3n) is 2.46. The number of rotatable bonds is 3. The number of halogens is 3. The molecule has 0 aliphatic rings. The van der Waals surface area contributed by atoms with Crippen molar-refractivity contribution in [1.29, 1.82) is 0 Å². The lowest BCUT2D eigenvalue weighted by Gasteiger charge is -2.02. The minimum atomic E-state index is -0.383. The van der Waals surface area contributed by atoms with E-state index < -0.39 is 0 Å². The first-order valence-corrected chi connectivity index (χ1v) is 6.74. The highest BCUT2D eigenvalue weighted by molar-refractivity contribution is 6.42. The number of hydrogen-bond acceptors (Lipinski definition) is 2. The van der Waals surface area contributed by atoms with Crippen molar-refractivity contribution in [2.45, 2.75) is 0 Å². The van der Waals surface area contributed by atoms with Crippen molar-refractivity contribution < 1.29 is 4.79 Å². The number of nitrogens with zero attached hydrogens (tertiary/aromatic N) is 1. The van der Waals surface area contributed by atoms with E-state index in [1.165, 1.54) is 12.3 Å². The Morgan fingerprint density at radius 1 is 1.00 bits per heavy atom. The van der Waals surface area contributed by atoms with Gasteiger partial charge in [0.25, 0.3) is 5.91 Å². The first kappa shape index (κ1) is 14.9. The predicted molar refractivity (Wildman–Crippen MR) is 83.0 cm³/mol. The van der Waals surface area contributed by atoms with Crippen molar-refractivity contribution in [2.24, 2.45) is 5.10 Å². The lowest BCUT2D eigenvalue weighted by molar-refractivity contribution is 0.0955. The SMILES string of the molecule is O=C(N/N=C\c1ccccc1Cl)c1ccc(Cl)c(Cl)c1. The summed E-state index contributed by atoms with van der Waals surface area (Å²) in [6, 6.07) is 11.8. The van der Waals surface area contributed by atoms with Crippen LogP contribution in [-0.4, -0.2) is 12.1 Å². The molecule has 0 bridgehead atoms. The van der Waals surface area contributed by atoms with Crippen LogP contribution in [0, 0.1) is 0 Å². The summed E-state index contributed by atoms with van der Waals surface area (Å²) in [5.74, 6) is -0.383. The Hall–Kier alpha value is -1.55. The van der Waals surface area contributed by atoms with Gasteiger partial charge in [-0.05, 0) is 24.3 Å². The second-order valence-electron chi connectivity index (χ2n) is 3.85. The molecule has 0 spiro atoms. The standard InChI is InChI=1S/C14H9Cl3N2O/c15-11-4-2-1-3-10(11)8-18-19-14(20)9-5-6-12(16)13(17)7-9/h1-8H,(H,19,20)/b18-8-. The molecule has 2 aromatic carbocycles. The van der Waals surface area contributed by atoms with E-state index in [-0.39, 0.29) is 5.91 Å². The maximum Gasteiger partial charge on any atom is 0.271 e. The quantitative estimate of drug-likeness (QED) is 0.658. The van der Waals surface area contributed by atoms with Gasteiger partial charge < -0.3 is 0 Å². The van der Waals surface area contributed by atoms with E-state index in [1.54, 1.807) is 24.3 Å². The van der Waals surface area contributed by atoms with Gasteiger partial charge in [0.15, 0.2) is 0 Å². The van der Waals surface area contributed by atoms with Crippen LogP contribution in [-0.2, 0) is 0 Å². The van der Waals surface area contributed by atoms with Crippen molar-refractivity contribution in [3.63, 3.8) is 0 Å². The highest BCUT2D eigenvalue weighted by Crippen LogP contribution is 2.22. The van der Waals surface area contributed by atoms with E-state index >= 15 is 0 Å². The predicted octanol–water partition coefficient (Wildman–Crippen LogP) is 4.41. The smallest absolute Gasteiger partial charge is 0.267 e. The molecule has 1 amide bonds. The molecule has 0 aliphatic heterocycles. The minimum absolute atomic E-state index is 0.314. The molecule has 1 N–H and O–H groups in total. The summed E-state index contributed by atoms with van der Waals surface area (Å²) in [4.78, 5) is 11.8. The maximum atomic E-state index is 11.8. The van der Waals surface area contributed by atoms with Crippen LogP contribution in [0.5, 0.6) is 0 Å². The van der Waals surface area contributed by atoms with Gasteiger partial charge in [0.2, 0.25) is 0 Å². The zero-order chi connectivity index (χ0) is 14.5. The normalized spacial score (nSPS) is 10.8. The van der Waals surface area contributed by atoms with Gasteiger partial charge in [-0.1, -0.05) is 53.0 Å². The molecule has 0 aliphatic carbocycles. The molecular weight excluding hydrogens is 319 g/mol. The van der Waals surface area contributed by atoms with Crippen LogP contribution in [0.1, 0.15) is 15.9 Å². The molecule has 0 aromatic heterocycles. The number of carbonyl (C=O) groups is 1. The van der Waals surface area contributed by atoms with Crippen LogP contribution in [0.2, 0.25) is 15.1 Å².